The van der Waals surface area contributed by atoms with Crippen LogP contribution in [0.3, 0.4) is 0 Å². The largest absolute Gasteiger partial charge is 0.329 e. The van der Waals surface area contributed by atoms with Gasteiger partial charge in [0.15, 0.2) is 0 Å². The average Bonchev–Trinajstić information content (AvgIpc) is 2.24. The molecule has 0 aliphatic carbocycles. The van der Waals surface area contributed by atoms with E-state index < -0.39 is 0 Å². The molecule has 0 saturated heterocycles. The van der Waals surface area contributed by atoms with Crippen molar-refractivity contribution < 1.29 is 4.39 Å². The highest BCUT2D eigenvalue weighted by Gasteiger charge is 2.15. The first-order valence-corrected chi connectivity index (χ1v) is 5.81. The number of nitrogens with two attached hydrogens (primary N) is 1. The highest BCUT2D eigenvalue weighted by Crippen LogP contribution is 2.22. The average molecular weight is 245 g/mol. The second-order valence-electron chi connectivity index (χ2n) is 4.23. The van der Waals surface area contributed by atoms with Crippen LogP contribution in [-0.4, -0.2) is 13.1 Å². The minimum Gasteiger partial charge on any atom is -0.329 e. The fourth-order valence-corrected chi connectivity index (χ4v) is 1.67. The minimum absolute atomic E-state index is 0.141. The summed E-state index contributed by atoms with van der Waals surface area (Å²) in [4.78, 5) is 0. The van der Waals surface area contributed by atoms with E-state index in [1.165, 1.54) is 6.07 Å². The van der Waals surface area contributed by atoms with E-state index in [0.717, 1.165) is 6.54 Å². The molecule has 90 valence electrons. The molecule has 1 aromatic rings. The molecule has 0 fully saturated rings. The van der Waals surface area contributed by atoms with Gasteiger partial charge in [-0.3, -0.25) is 0 Å². The van der Waals surface area contributed by atoms with Gasteiger partial charge < -0.3 is 11.1 Å². The molecule has 0 amide bonds. The van der Waals surface area contributed by atoms with Crippen LogP contribution in [0.25, 0.3) is 0 Å². The summed E-state index contributed by atoms with van der Waals surface area (Å²) in [5, 5.41) is 3.37. The summed E-state index contributed by atoms with van der Waals surface area (Å²) < 4.78 is 13.7. The maximum Gasteiger partial charge on any atom is 0.146 e. The van der Waals surface area contributed by atoms with Crippen LogP contribution < -0.4 is 11.1 Å². The van der Waals surface area contributed by atoms with Gasteiger partial charge in [0.05, 0.1) is 5.02 Å². The van der Waals surface area contributed by atoms with Crippen molar-refractivity contribution in [1.29, 1.82) is 0 Å². The van der Waals surface area contributed by atoms with Gasteiger partial charge in [0.2, 0.25) is 0 Å². The smallest absolute Gasteiger partial charge is 0.146 e. The Kier molecular flexibility index (Phi) is 5.19. The van der Waals surface area contributed by atoms with Crippen LogP contribution in [0.1, 0.15) is 25.5 Å². The fraction of sp³-hybridized carbons (Fsp3) is 0.500. The molecule has 1 atom stereocenters. The summed E-state index contributed by atoms with van der Waals surface area (Å²) in [6.45, 7) is 5.33. The topological polar surface area (TPSA) is 38.0 Å². The molecule has 0 spiro atoms. The maximum atomic E-state index is 13.7. The molecule has 0 aliphatic rings. The van der Waals surface area contributed by atoms with Gasteiger partial charge >= 0.3 is 0 Å². The molecule has 0 aliphatic heterocycles. The normalized spacial score (nSPS) is 13.1. The lowest BCUT2D eigenvalue weighted by atomic mass is 10.1. The second kappa shape index (κ2) is 6.18. The highest BCUT2D eigenvalue weighted by molar-refractivity contribution is 6.30. The Bertz CT molecular complexity index is 342. The molecule has 3 N–H and O–H groups in total. The third-order valence-electron chi connectivity index (χ3n) is 2.37. The number of hydrogen-bond donors (Lipinski definition) is 2. The first-order valence-electron chi connectivity index (χ1n) is 5.43. The SMILES string of the molecule is CC(C)CNC(CN)c1cccc(Cl)c1F. The lowest BCUT2D eigenvalue weighted by molar-refractivity contribution is 0.462. The molecule has 0 radical (unpaired) electrons. The fourth-order valence-electron chi connectivity index (χ4n) is 1.49. The van der Waals surface area contributed by atoms with Gasteiger partial charge in [-0.2, -0.15) is 0 Å². The highest BCUT2D eigenvalue weighted by atomic mass is 35.5. The number of nitrogens with one attached hydrogen (secondary N) is 1. The lowest BCUT2D eigenvalue weighted by Crippen LogP contribution is -2.31. The molecule has 1 rings (SSSR count). The zero-order chi connectivity index (χ0) is 12.1. The van der Waals surface area contributed by atoms with Crippen molar-refractivity contribution >= 4 is 11.6 Å². The van der Waals surface area contributed by atoms with Crippen molar-refractivity contribution in [1.82, 2.24) is 5.32 Å². The van der Waals surface area contributed by atoms with Gasteiger partial charge in [0, 0.05) is 18.2 Å². The van der Waals surface area contributed by atoms with Crippen molar-refractivity contribution in [2.75, 3.05) is 13.1 Å². The van der Waals surface area contributed by atoms with E-state index in [2.05, 4.69) is 19.2 Å². The van der Waals surface area contributed by atoms with Gasteiger partial charge in [0.1, 0.15) is 5.82 Å². The van der Waals surface area contributed by atoms with Crippen LogP contribution in [-0.2, 0) is 0 Å². The summed E-state index contributed by atoms with van der Waals surface area (Å²) in [6.07, 6.45) is 0. The van der Waals surface area contributed by atoms with E-state index in [-0.39, 0.29) is 16.9 Å². The van der Waals surface area contributed by atoms with Crippen LogP contribution in [0.5, 0.6) is 0 Å². The van der Waals surface area contributed by atoms with Crippen molar-refractivity contribution in [2.24, 2.45) is 11.7 Å². The molecule has 0 heterocycles. The number of hydrogen-bond acceptors (Lipinski definition) is 2. The van der Waals surface area contributed by atoms with Gasteiger partial charge in [-0.1, -0.05) is 37.6 Å². The quantitative estimate of drug-likeness (QED) is 0.836. The Balaban J connectivity index is 2.82. The Labute approximate surface area is 101 Å². The van der Waals surface area contributed by atoms with Crippen molar-refractivity contribution in [3.05, 3.63) is 34.6 Å². The van der Waals surface area contributed by atoms with E-state index in [9.17, 15) is 4.39 Å². The van der Waals surface area contributed by atoms with Gasteiger partial charge in [-0.15, -0.1) is 0 Å². The van der Waals surface area contributed by atoms with Crippen LogP contribution in [0.2, 0.25) is 5.02 Å². The monoisotopic (exact) mass is 244 g/mol. The maximum absolute atomic E-state index is 13.7. The van der Waals surface area contributed by atoms with Crippen molar-refractivity contribution in [2.45, 2.75) is 19.9 Å². The van der Waals surface area contributed by atoms with Gasteiger partial charge in [-0.25, -0.2) is 4.39 Å². The number of halogens is 2. The zero-order valence-electron chi connectivity index (χ0n) is 9.63. The molecule has 4 heteroatoms. The molecular weight excluding hydrogens is 227 g/mol. The third kappa shape index (κ3) is 3.44. The minimum atomic E-state index is -0.379. The molecular formula is C12H18ClFN2. The summed E-state index contributed by atoms with van der Waals surface area (Å²) in [5.41, 5.74) is 6.18. The Morgan fingerprint density at radius 3 is 2.69 bits per heavy atom. The predicted octanol–water partition coefficient (Wildman–Crippen LogP) is 2.72. The van der Waals surface area contributed by atoms with Crippen molar-refractivity contribution in [3.63, 3.8) is 0 Å². The summed E-state index contributed by atoms with van der Waals surface area (Å²) >= 11 is 5.73. The van der Waals surface area contributed by atoms with E-state index in [0.29, 0.717) is 18.0 Å². The van der Waals surface area contributed by atoms with E-state index >= 15 is 0 Å². The van der Waals surface area contributed by atoms with Crippen LogP contribution in [0.15, 0.2) is 18.2 Å². The Morgan fingerprint density at radius 1 is 1.44 bits per heavy atom. The molecule has 0 bridgehead atoms. The van der Waals surface area contributed by atoms with Crippen LogP contribution in [0, 0.1) is 11.7 Å². The zero-order valence-corrected chi connectivity index (χ0v) is 10.4. The standard InChI is InChI=1S/C12H18ClFN2/c1-8(2)7-16-11(6-15)9-4-3-5-10(13)12(9)14/h3-5,8,11,16H,6-7,15H2,1-2H3. The van der Waals surface area contributed by atoms with Crippen LogP contribution in [0.4, 0.5) is 4.39 Å². The summed E-state index contributed by atoms with van der Waals surface area (Å²) in [6, 6.07) is 4.81. The van der Waals surface area contributed by atoms with E-state index in [4.69, 9.17) is 17.3 Å². The summed E-state index contributed by atoms with van der Waals surface area (Å²) in [5.74, 6) is 0.118. The number of rotatable bonds is 5. The first-order chi connectivity index (χ1) is 7.56. The number of benzene rings is 1. The van der Waals surface area contributed by atoms with E-state index in [1.807, 2.05) is 0 Å². The van der Waals surface area contributed by atoms with Crippen LogP contribution >= 0.6 is 11.6 Å². The molecule has 1 aromatic carbocycles. The van der Waals surface area contributed by atoms with Crippen molar-refractivity contribution in [3.8, 4) is 0 Å². The lowest BCUT2D eigenvalue weighted by Gasteiger charge is -2.19. The molecule has 2 nitrogen and oxygen atoms in total. The molecule has 0 saturated carbocycles. The van der Waals surface area contributed by atoms with E-state index in [1.54, 1.807) is 12.1 Å². The molecule has 1 unspecified atom stereocenters. The summed E-state index contributed by atoms with van der Waals surface area (Å²) in [7, 11) is 0. The van der Waals surface area contributed by atoms with Gasteiger partial charge in [0.25, 0.3) is 0 Å². The Hall–Kier alpha value is -0.640. The van der Waals surface area contributed by atoms with Gasteiger partial charge in [-0.05, 0) is 18.5 Å². The first kappa shape index (κ1) is 13.4. The second-order valence-corrected chi connectivity index (χ2v) is 4.64. The Morgan fingerprint density at radius 2 is 2.12 bits per heavy atom. The third-order valence-corrected chi connectivity index (χ3v) is 2.66. The molecule has 0 aromatic heterocycles. The predicted molar refractivity (Wildman–Crippen MR) is 66.0 cm³/mol. The molecule has 16 heavy (non-hydrogen) atoms.